The molecule has 0 spiro atoms. The Morgan fingerprint density at radius 3 is 2.42 bits per heavy atom. The predicted octanol–water partition coefficient (Wildman–Crippen LogP) is 3.37. The summed E-state index contributed by atoms with van der Waals surface area (Å²) in [6, 6.07) is 11.6. The number of sulfonamides is 1. The van der Waals surface area contributed by atoms with Gasteiger partial charge in [-0.05, 0) is 80.0 Å². The number of amides is 2. The van der Waals surface area contributed by atoms with E-state index in [1.54, 1.807) is 43.0 Å². The maximum atomic E-state index is 13.0. The lowest BCUT2D eigenvalue weighted by Crippen LogP contribution is -2.46. The topological polar surface area (TPSA) is 104 Å². The minimum Gasteiger partial charge on any atom is -0.351 e. The molecular formula is C24H31N3O4S2. The summed E-state index contributed by atoms with van der Waals surface area (Å²) in [6.07, 6.45) is 4.18. The molecule has 1 atom stereocenters. The van der Waals surface area contributed by atoms with Gasteiger partial charge < -0.3 is 10.6 Å². The fraction of sp³-hybridized carbons (Fsp3) is 0.417. The second-order valence-electron chi connectivity index (χ2n) is 8.40. The maximum Gasteiger partial charge on any atom is 0.241 e. The van der Waals surface area contributed by atoms with E-state index in [1.165, 1.54) is 0 Å². The smallest absolute Gasteiger partial charge is 0.241 e. The van der Waals surface area contributed by atoms with Crippen molar-refractivity contribution in [2.75, 3.05) is 17.3 Å². The molecule has 0 saturated heterocycles. The number of hydrogen-bond acceptors (Lipinski definition) is 5. The third-order valence-corrected chi connectivity index (χ3v) is 7.75. The van der Waals surface area contributed by atoms with Gasteiger partial charge in [-0.25, -0.2) is 8.42 Å². The molecule has 1 aliphatic rings. The first kappa shape index (κ1) is 25.3. The van der Waals surface area contributed by atoms with Gasteiger partial charge in [0.25, 0.3) is 0 Å². The van der Waals surface area contributed by atoms with E-state index in [0.29, 0.717) is 17.7 Å². The lowest BCUT2D eigenvalue weighted by atomic mass is 10.2. The number of nitrogens with one attached hydrogen (secondary N) is 3. The van der Waals surface area contributed by atoms with Gasteiger partial charge >= 0.3 is 0 Å². The number of carbonyl (C=O) groups is 2. The van der Waals surface area contributed by atoms with Crippen molar-refractivity contribution in [1.29, 1.82) is 0 Å². The van der Waals surface area contributed by atoms with E-state index in [4.69, 9.17) is 0 Å². The van der Waals surface area contributed by atoms with Gasteiger partial charge in [0.05, 0.1) is 4.90 Å². The van der Waals surface area contributed by atoms with E-state index in [9.17, 15) is 18.0 Å². The third kappa shape index (κ3) is 7.31. The van der Waals surface area contributed by atoms with Crippen LogP contribution in [0.2, 0.25) is 0 Å². The van der Waals surface area contributed by atoms with E-state index in [1.807, 2.05) is 31.4 Å². The third-order valence-electron chi connectivity index (χ3n) is 5.49. The van der Waals surface area contributed by atoms with Crippen LogP contribution in [-0.4, -0.2) is 38.3 Å². The molecule has 0 aliphatic heterocycles. The van der Waals surface area contributed by atoms with Crippen LogP contribution in [0.4, 0.5) is 5.69 Å². The molecule has 3 N–H and O–H groups in total. The second-order valence-corrected chi connectivity index (χ2v) is 11.1. The highest BCUT2D eigenvalue weighted by Gasteiger charge is 2.29. The zero-order chi connectivity index (χ0) is 24.0. The van der Waals surface area contributed by atoms with Gasteiger partial charge in [0.2, 0.25) is 21.8 Å². The van der Waals surface area contributed by atoms with E-state index in [2.05, 4.69) is 15.4 Å². The van der Waals surface area contributed by atoms with Crippen LogP contribution in [0.15, 0.2) is 47.4 Å². The molecule has 33 heavy (non-hydrogen) atoms. The fourth-order valence-electron chi connectivity index (χ4n) is 3.33. The molecule has 178 valence electrons. The Morgan fingerprint density at radius 2 is 1.79 bits per heavy atom. The van der Waals surface area contributed by atoms with Gasteiger partial charge in [0.15, 0.2) is 0 Å². The average Bonchev–Trinajstić information content (AvgIpc) is 3.63. The molecule has 2 amide bonds. The van der Waals surface area contributed by atoms with E-state index >= 15 is 0 Å². The first-order valence-corrected chi connectivity index (χ1v) is 13.8. The second kappa shape index (κ2) is 11.2. The summed E-state index contributed by atoms with van der Waals surface area (Å²) in [7, 11) is -3.85. The van der Waals surface area contributed by atoms with E-state index in [-0.39, 0.29) is 29.2 Å². The highest BCUT2D eigenvalue weighted by molar-refractivity contribution is 7.98. The van der Waals surface area contributed by atoms with Crippen LogP contribution in [0, 0.1) is 19.8 Å². The largest absolute Gasteiger partial charge is 0.351 e. The van der Waals surface area contributed by atoms with Crippen LogP contribution in [-0.2, 0) is 26.2 Å². The van der Waals surface area contributed by atoms with Crippen molar-refractivity contribution in [2.45, 2.75) is 50.6 Å². The lowest BCUT2D eigenvalue weighted by molar-refractivity contribution is -0.123. The highest BCUT2D eigenvalue weighted by Crippen LogP contribution is 2.30. The molecule has 9 heteroatoms. The minimum absolute atomic E-state index is 0.0452. The van der Waals surface area contributed by atoms with Crippen LogP contribution in [0.3, 0.4) is 0 Å². The van der Waals surface area contributed by atoms with Gasteiger partial charge in [-0.3, -0.25) is 9.59 Å². The van der Waals surface area contributed by atoms with Crippen molar-refractivity contribution >= 4 is 39.3 Å². The van der Waals surface area contributed by atoms with Crippen molar-refractivity contribution in [3.63, 3.8) is 0 Å². The van der Waals surface area contributed by atoms with Crippen molar-refractivity contribution in [3.05, 3.63) is 59.2 Å². The highest BCUT2D eigenvalue weighted by atomic mass is 32.2. The molecule has 2 aromatic carbocycles. The first-order valence-electron chi connectivity index (χ1n) is 11.0. The van der Waals surface area contributed by atoms with Crippen LogP contribution < -0.4 is 15.4 Å². The molecule has 1 aliphatic carbocycles. The Kier molecular flexibility index (Phi) is 8.56. The summed E-state index contributed by atoms with van der Waals surface area (Å²) in [5.41, 5.74) is 3.05. The molecule has 0 bridgehead atoms. The SMILES string of the molecule is CSCCC(NS(=O)(=O)c1cc(C)ccc1C)C(=O)NCc1ccc(NC(=O)C2CC2)cc1. The molecule has 0 heterocycles. The summed E-state index contributed by atoms with van der Waals surface area (Å²) < 4.78 is 28.6. The number of aryl methyl sites for hydroxylation is 2. The van der Waals surface area contributed by atoms with Crippen molar-refractivity contribution in [1.82, 2.24) is 10.0 Å². The maximum absolute atomic E-state index is 13.0. The van der Waals surface area contributed by atoms with Gasteiger partial charge in [0, 0.05) is 18.2 Å². The van der Waals surface area contributed by atoms with Crippen molar-refractivity contribution in [2.24, 2.45) is 5.92 Å². The van der Waals surface area contributed by atoms with Gasteiger partial charge in [0.1, 0.15) is 6.04 Å². The molecule has 0 radical (unpaired) electrons. The number of benzene rings is 2. The molecular weight excluding hydrogens is 458 g/mol. The summed E-state index contributed by atoms with van der Waals surface area (Å²) in [5.74, 6) is 0.449. The van der Waals surface area contributed by atoms with E-state index in [0.717, 1.165) is 29.7 Å². The summed E-state index contributed by atoms with van der Waals surface area (Å²) >= 11 is 1.55. The first-order chi connectivity index (χ1) is 15.7. The van der Waals surface area contributed by atoms with Crippen LogP contribution in [0.1, 0.15) is 36.0 Å². The quantitative estimate of drug-likeness (QED) is 0.449. The summed E-state index contributed by atoms with van der Waals surface area (Å²) in [5, 5.41) is 5.72. The van der Waals surface area contributed by atoms with Crippen molar-refractivity contribution < 1.29 is 18.0 Å². The Bertz CT molecular complexity index is 1100. The summed E-state index contributed by atoms with van der Waals surface area (Å²) in [4.78, 5) is 24.9. The number of anilines is 1. The lowest BCUT2D eigenvalue weighted by Gasteiger charge is -2.19. The molecule has 1 fully saturated rings. The number of thioether (sulfide) groups is 1. The van der Waals surface area contributed by atoms with Crippen molar-refractivity contribution in [3.8, 4) is 0 Å². The van der Waals surface area contributed by atoms with Gasteiger partial charge in [-0.1, -0.05) is 24.3 Å². The van der Waals surface area contributed by atoms with Gasteiger partial charge in [-0.15, -0.1) is 0 Å². The molecule has 3 rings (SSSR count). The number of carbonyl (C=O) groups excluding carboxylic acids is 2. The Hall–Kier alpha value is -2.36. The van der Waals surface area contributed by atoms with Crippen LogP contribution in [0.25, 0.3) is 0 Å². The van der Waals surface area contributed by atoms with Crippen LogP contribution >= 0.6 is 11.8 Å². The normalized spacial score (nSPS) is 14.5. The Labute approximate surface area is 200 Å². The van der Waals surface area contributed by atoms with Crippen LogP contribution in [0.5, 0.6) is 0 Å². The summed E-state index contributed by atoms with van der Waals surface area (Å²) in [6.45, 7) is 3.83. The minimum atomic E-state index is -3.85. The molecule has 7 nitrogen and oxygen atoms in total. The average molecular weight is 490 g/mol. The standard InChI is InChI=1S/C24H31N3O4S2/c1-16-4-5-17(2)22(14-16)33(30,31)27-21(12-13-32-3)24(29)25-15-18-6-10-20(11-7-18)26-23(28)19-8-9-19/h4-7,10-11,14,19,21,27H,8-9,12-13,15H2,1-3H3,(H,25,29)(H,26,28). The number of hydrogen-bond donors (Lipinski definition) is 3. The molecule has 1 saturated carbocycles. The molecule has 0 aromatic heterocycles. The monoisotopic (exact) mass is 489 g/mol. The Morgan fingerprint density at radius 1 is 1.09 bits per heavy atom. The zero-order valence-electron chi connectivity index (χ0n) is 19.2. The zero-order valence-corrected chi connectivity index (χ0v) is 20.8. The predicted molar refractivity (Wildman–Crippen MR) is 133 cm³/mol. The number of rotatable bonds is 11. The molecule has 1 unspecified atom stereocenters. The van der Waals surface area contributed by atoms with E-state index < -0.39 is 16.1 Å². The molecule has 2 aromatic rings. The van der Waals surface area contributed by atoms with Gasteiger partial charge in [-0.2, -0.15) is 16.5 Å². The fourth-order valence-corrected chi connectivity index (χ4v) is 5.37. The Balaban J connectivity index is 1.62.